The van der Waals surface area contributed by atoms with Crippen molar-refractivity contribution in [1.82, 2.24) is 4.98 Å². The molecule has 1 aromatic heterocycles. The van der Waals surface area contributed by atoms with Crippen LogP contribution in [0.3, 0.4) is 0 Å². The molecule has 0 radical (unpaired) electrons. The topological polar surface area (TPSA) is 47.0 Å². The van der Waals surface area contributed by atoms with E-state index in [9.17, 15) is 9.59 Å². The van der Waals surface area contributed by atoms with Crippen LogP contribution < -0.4 is 0 Å². The van der Waals surface area contributed by atoms with E-state index < -0.39 is 0 Å². The molecule has 0 N–H and O–H groups in total. The van der Waals surface area contributed by atoms with E-state index in [1.165, 1.54) is 36.0 Å². The third-order valence-electron chi connectivity index (χ3n) is 8.14. The Balaban J connectivity index is 1.55. The molecule has 214 valence electrons. The van der Waals surface area contributed by atoms with Crippen molar-refractivity contribution in [2.75, 3.05) is 0 Å². The second-order valence-electron chi connectivity index (χ2n) is 12.3. The molecular weight excluding hydrogens is 490 g/mol. The van der Waals surface area contributed by atoms with Gasteiger partial charge >= 0.3 is 0 Å². The first-order chi connectivity index (χ1) is 19.2. The third kappa shape index (κ3) is 9.54. The predicted octanol–water partition coefficient (Wildman–Crippen LogP) is 9.55. The van der Waals surface area contributed by atoms with Gasteiger partial charge in [-0.2, -0.15) is 0 Å². The molecule has 1 heterocycles. The lowest BCUT2D eigenvalue weighted by Crippen LogP contribution is -2.19. The quantitative estimate of drug-likeness (QED) is 0.170. The second kappa shape index (κ2) is 15.6. The molecule has 3 rings (SSSR count). The molecule has 0 amide bonds. The van der Waals surface area contributed by atoms with Gasteiger partial charge in [0.15, 0.2) is 11.6 Å². The van der Waals surface area contributed by atoms with E-state index in [1.807, 2.05) is 32.0 Å². The van der Waals surface area contributed by atoms with Gasteiger partial charge in [-0.3, -0.25) is 9.59 Å². The van der Waals surface area contributed by atoms with Crippen LogP contribution in [-0.2, 0) is 12.8 Å². The van der Waals surface area contributed by atoms with Crippen LogP contribution in [0.5, 0.6) is 0 Å². The van der Waals surface area contributed by atoms with Gasteiger partial charge in [0.1, 0.15) is 11.4 Å². The minimum atomic E-state index is -0.170. The van der Waals surface area contributed by atoms with Gasteiger partial charge in [-0.1, -0.05) is 115 Å². The van der Waals surface area contributed by atoms with E-state index in [0.717, 1.165) is 37.5 Å². The molecule has 3 nitrogen and oxygen atoms in total. The van der Waals surface area contributed by atoms with Gasteiger partial charge in [0, 0.05) is 11.8 Å². The van der Waals surface area contributed by atoms with Crippen LogP contribution in [0, 0.1) is 23.7 Å². The fraction of sp³-hybridized carbons (Fsp3) is 0.486. The zero-order chi connectivity index (χ0) is 29.1. The highest BCUT2D eigenvalue weighted by atomic mass is 16.1. The second-order valence-corrected chi connectivity index (χ2v) is 12.3. The molecular formula is C37H49NO2. The van der Waals surface area contributed by atoms with Crippen molar-refractivity contribution in [2.24, 2.45) is 23.7 Å². The minimum absolute atomic E-state index is 0.000237. The summed E-state index contributed by atoms with van der Waals surface area (Å²) in [6.07, 6.45) is 7.30. The molecule has 3 heteroatoms. The number of benzene rings is 2. The molecule has 0 aliphatic heterocycles. The summed E-state index contributed by atoms with van der Waals surface area (Å²) in [5.74, 6) is 1.43. The number of hydrogen-bond acceptors (Lipinski definition) is 3. The van der Waals surface area contributed by atoms with Gasteiger partial charge in [-0.15, -0.1) is 0 Å². The Hall–Kier alpha value is -3.07. The van der Waals surface area contributed by atoms with Gasteiger partial charge < -0.3 is 0 Å². The van der Waals surface area contributed by atoms with Crippen LogP contribution in [0.15, 0.2) is 72.8 Å². The maximum absolute atomic E-state index is 13.2. The van der Waals surface area contributed by atoms with Crippen LogP contribution in [0.25, 0.3) is 0 Å². The molecule has 0 spiro atoms. The first-order valence-electron chi connectivity index (χ1n) is 15.4. The summed E-state index contributed by atoms with van der Waals surface area (Å²) in [5, 5.41) is 0. The van der Waals surface area contributed by atoms with E-state index in [0.29, 0.717) is 11.4 Å². The lowest BCUT2D eigenvalue weighted by Gasteiger charge is -2.18. The number of carbonyl (C=O) groups excluding carboxylic acids is 2. The molecule has 0 aliphatic rings. The highest BCUT2D eigenvalue weighted by molar-refractivity contribution is 5.99. The summed E-state index contributed by atoms with van der Waals surface area (Å²) < 4.78 is 0. The Labute approximate surface area is 242 Å². The smallest absolute Gasteiger partial charge is 0.184 e. The van der Waals surface area contributed by atoms with E-state index in [2.05, 4.69) is 69.1 Å². The summed E-state index contributed by atoms with van der Waals surface area (Å²) in [4.78, 5) is 30.9. The largest absolute Gasteiger partial charge is 0.292 e. The Bertz CT molecular complexity index is 1200. The number of aromatic nitrogens is 1. The van der Waals surface area contributed by atoms with Crippen molar-refractivity contribution < 1.29 is 9.59 Å². The number of aryl methyl sites for hydroxylation is 1. The Kier molecular flexibility index (Phi) is 12.3. The molecule has 0 saturated heterocycles. The number of pyridine rings is 1. The number of hydrogen-bond donors (Lipinski definition) is 0. The van der Waals surface area contributed by atoms with E-state index in [1.54, 1.807) is 18.2 Å². The highest BCUT2D eigenvalue weighted by Gasteiger charge is 2.22. The van der Waals surface area contributed by atoms with Crippen molar-refractivity contribution >= 4 is 11.6 Å². The van der Waals surface area contributed by atoms with Gasteiger partial charge in [0.05, 0.1) is 0 Å². The van der Waals surface area contributed by atoms with E-state index >= 15 is 0 Å². The molecule has 4 unspecified atom stereocenters. The summed E-state index contributed by atoms with van der Waals surface area (Å²) in [5.41, 5.74) is 4.68. The lowest BCUT2D eigenvalue weighted by molar-refractivity contribution is 0.0911. The van der Waals surface area contributed by atoms with Crippen LogP contribution in [0.1, 0.15) is 117 Å². The first kappa shape index (κ1) is 31.5. The average Bonchev–Trinajstić information content (AvgIpc) is 2.96. The van der Waals surface area contributed by atoms with Crippen molar-refractivity contribution in [3.63, 3.8) is 0 Å². The molecule has 0 aliphatic carbocycles. The highest BCUT2D eigenvalue weighted by Crippen LogP contribution is 2.26. The minimum Gasteiger partial charge on any atom is -0.292 e. The van der Waals surface area contributed by atoms with E-state index in [4.69, 9.17) is 0 Å². The van der Waals surface area contributed by atoms with Crippen molar-refractivity contribution in [3.05, 3.63) is 101 Å². The summed E-state index contributed by atoms with van der Waals surface area (Å²) in [6, 6.07) is 24.5. The number of rotatable bonds is 16. The molecule has 2 aromatic carbocycles. The van der Waals surface area contributed by atoms with Gasteiger partial charge in [-0.25, -0.2) is 4.98 Å². The predicted molar refractivity (Wildman–Crippen MR) is 167 cm³/mol. The van der Waals surface area contributed by atoms with Crippen LogP contribution in [-0.4, -0.2) is 16.6 Å². The maximum Gasteiger partial charge on any atom is 0.184 e. The van der Waals surface area contributed by atoms with Gasteiger partial charge in [0.25, 0.3) is 0 Å². The number of ketones is 2. The van der Waals surface area contributed by atoms with Crippen LogP contribution >= 0.6 is 0 Å². The fourth-order valence-electron chi connectivity index (χ4n) is 5.84. The van der Waals surface area contributed by atoms with Gasteiger partial charge in [-0.05, 0) is 78.7 Å². The Morgan fingerprint density at radius 2 is 1.27 bits per heavy atom. The number of carbonyl (C=O) groups is 2. The molecule has 0 bridgehead atoms. The zero-order valence-electron chi connectivity index (χ0n) is 25.5. The summed E-state index contributed by atoms with van der Waals surface area (Å²) >= 11 is 0. The monoisotopic (exact) mass is 539 g/mol. The number of Topliss-reactive ketones (excluding diaryl/α,β-unsaturated/α-hetero) is 2. The zero-order valence-corrected chi connectivity index (χ0v) is 25.5. The average molecular weight is 540 g/mol. The van der Waals surface area contributed by atoms with Gasteiger partial charge in [0.2, 0.25) is 0 Å². The summed E-state index contributed by atoms with van der Waals surface area (Å²) in [6.45, 7) is 13.0. The molecule has 40 heavy (non-hydrogen) atoms. The fourth-order valence-corrected chi connectivity index (χ4v) is 5.84. The Morgan fingerprint density at radius 1 is 0.675 bits per heavy atom. The third-order valence-corrected chi connectivity index (χ3v) is 8.14. The number of nitrogens with zero attached hydrogens (tertiary/aromatic N) is 1. The lowest BCUT2D eigenvalue weighted by atomic mass is 9.87. The van der Waals surface area contributed by atoms with E-state index in [-0.39, 0.29) is 29.3 Å². The van der Waals surface area contributed by atoms with Crippen molar-refractivity contribution in [1.29, 1.82) is 0 Å². The van der Waals surface area contributed by atoms with Crippen LogP contribution in [0.2, 0.25) is 0 Å². The molecule has 0 saturated carbocycles. The normalized spacial score (nSPS) is 14.5. The van der Waals surface area contributed by atoms with Crippen molar-refractivity contribution in [3.8, 4) is 0 Å². The maximum atomic E-state index is 13.2. The molecule has 0 fully saturated rings. The van der Waals surface area contributed by atoms with Crippen LogP contribution in [0.4, 0.5) is 0 Å². The SMILES string of the molecule is CCCC(Cc1ccc(CCC(C)C(=O)c2cccc(C(=O)C(C)CC(C)c3ccccc3)n2)cc1)CC(C)C. The first-order valence-corrected chi connectivity index (χ1v) is 15.4. The molecule has 4 atom stereocenters. The summed E-state index contributed by atoms with van der Waals surface area (Å²) in [7, 11) is 0. The Morgan fingerprint density at radius 3 is 1.88 bits per heavy atom. The van der Waals surface area contributed by atoms with Crippen molar-refractivity contribution in [2.45, 2.75) is 92.4 Å². The molecule has 3 aromatic rings. The standard InChI is InChI=1S/C37H49NO2/c1-7-12-32(23-26(2)3)25-31-21-19-30(20-22-31)18-17-27(4)36(39)34-15-11-16-35(38-34)37(40)29(6)24-28(5)33-13-9-8-10-14-33/h8-11,13-16,19-22,26-29,32H,7,12,17-18,23-25H2,1-6H3.